The molecular formula is C17H16BrNO3. The van der Waals surface area contributed by atoms with E-state index < -0.39 is 0 Å². The maximum Gasteiger partial charge on any atom is 0.262 e. The molecule has 5 heteroatoms. The summed E-state index contributed by atoms with van der Waals surface area (Å²) in [7, 11) is 0. The molecule has 0 bridgehead atoms. The third-order valence-corrected chi connectivity index (χ3v) is 3.60. The Kier molecular flexibility index (Phi) is 5.72. The highest BCUT2D eigenvalue weighted by molar-refractivity contribution is 9.10. The number of hydrogen-bond donors (Lipinski definition) is 1. The average molecular weight is 362 g/mol. The van der Waals surface area contributed by atoms with Gasteiger partial charge < -0.3 is 10.1 Å². The van der Waals surface area contributed by atoms with Crippen LogP contribution in [-0.2, 0) is 11.2 Å². The van der Waals surface area contributed by atoms with Gasteiger partial charge in [0.15, 0.2) is 12.9 Å². The summed E-state index contributed by atoms with van der Waals surface area (Å²) in [4.78, 5) is 22.8. The van der Waals surface area contributed by atoms with Crippen LogP contribution < -0.4 is 10.1 Å². The number of aryl methyl sites for hydroxylation is 1. The molecule has 1 amide bonds. The van der Waals surface area contributed by atoms with Crippen LogP contribution in [0.5, 0.6) is 5.75 Å². The Hall–Kier alpha value is -2.14. The van der Waals surface area contributed by atoms with Crippen LogP contribution in [0.3, 0.4) is 0 Å². The van der Waals surface area contributed by atoms with E-state index in [0.29, 0.717) is 17.6 Å². The van der Waals surface area contributed by atoms with E-state index in [1.54, 1.807) is 18.2 Å². The third-order valence-electron chi connectivity index (χ3n) is 3.10. The number of anilines is 1. The zero-order chi connectivity index (χ0) is 15.9. The lowest BCUT2D eigenvalue weighted by molar-refractivity contribution is -0.118. The zero-order valence-electron chi connectivity index (χ0n) is 12.1. The van der Waals surface area contributed by atoms with Gasteiger partial charge in [0.25, 0.3) is 5.91 Å². The Morgan fingerprint density at radius 3 is 2.59 bits per heavy atom. The molecule has 0 saturated carbocycles. The number of rotatable bonds is 6. The Bertz CT molecular complexity index is 668. The Labute approximate surface area is 137 Å². The molecule has 0 aliphatic carbocycles. The van der Waals surface area contributed by atoms with Gasteiger partial charge in [0.05, 0.1) is 5.56 Å². The van der Waals surface area contributed by atoms with Gasteiger partial charge >= 0.3 is 0 Å². The first kappa shape index (κ1) is 16.2. The summed E-state index contributed by atoms with van der Waals surface area (Å²) in [6, 6.07) is 12.7. The van der Waals surface area contributed by atoms with E-state index in [4.69, 9.17) is 4.74 Å². The molecule has 2 aromatic rings. The molecular weight excluding hydrogens is 346 g/mol. The number of carbonyl (C=O) groups is 2. The number of ether oxygens (including phenoxy) is 1. The second kappa shape index (κ2) is 7.75. The largest absolute Gasteiger partial charge is 0.483 e. The van der Waals surface area contributed by atoms with Crippen LogP contribution in [0.4, 0.5) is 5.69 Å². The minimum atomic E-state index is -0.274. The van der Waals surface area contributed by atoms with Gasteiger partial charge in [-0.2, -0.15) is 0 Å². The van der Waals surface area contributed by atoms with Gasteiger partial charge in [0, 0.05) is 10.2 Å². The normalized spacial score (nSPS) is 10.1. The molecule has 2 rings (SSSR count). The maximum absolute atomic E-state index is 11.9. The number of carbonyl (C=O) groups excluding carboxylic acids is 2. The third kappa shape index (κ3) is 4.43. The van der Waals surface area contributed by atoms with Crippen molar-refractivity contribution in [1.29, 1.82) is 0 Å². The molecule has 0 fully saturated rings. The molecule has 0 spiro atoms. The summed E-state index contributed by atoms with van der Waals surface area (Å²) in [6.07, 6.45) is 1.65. The number of benzene rings is 2. The molecule has 1 N–H and O–H groups in total. The average Bonchev–Trinajstić information content (AvgIpc) is 2.54. The smallest absolute Gasteiger partial charge is 0.262 e. The highest BCUT2D eigenvalue weighted by Crippen LogP contribution is 2.21. The molecule has 0 radical (unpaired) electrons. The van der Waals surface area contributed by atoms with Gasteiger partial charge in [-0.3, -0.25) is 9.59 Å². The summed E-state index contributed by atoms with van der Waals surface area (Å²) >= 11 is 3.28. The summed E-state index contributed by atoms with van der Waals surface area (Å²) in [6.45, 7) is 1.92. The fourth-order valence-corrected chi connectivity index (χ4v) is 2.29. The highest BCUT2D eigenvalue weighted by atomic mass is 79.9. The van der Waals surface area contributed by atoms with E-state index in [0.717, 1.165) is 16.6 Å². The Morgan fingerprint density at radius 2 is 1.95 bits per heavy atom. The number of hydrogen-bond acceptors (Lipinski definition) is 3. The quantitative estimate of drug-likeness (QED) is 0.795. The first-order valence-corrected chi connectivity index (χ1v) is 7.68. The van der Waals surface area contributed by atoms with E-state index in [1.807, 2.05) is 24.3 Å². The van der Waals surface area contributed by atoms with Crippen molar-refractivity contribution >= 4 is 33.8 Å². The van der Waals surface area contributed by atoms with Gasteiger partial charge in [0.2, 0.25) is 0 Å². The standard InChI is InChI=1S/C17H16BrNO3/c1-2-12-3-6-15(7-4-12)19-17(21)11-22-16-8-5-14(18)9-13(16)10-20/h3-10H,2,11H2,1H3,(H,19,21). The topological polar surface area (TPSA) is 55.4 Å². The van der Waals surface area contributed by atoms with E-state index in [9.17, 15) is 9.59 Å². The summed E-state index contributed by atoms with van der Waals surface area (Å²) in [5.41, 5.74) is 2.33. The van der Waals surface area contributed by atoms with Crippen molar-refractivity contribution in [1.82, 2.24) is 0 Å². The number of amides is 1. The van der Waals surface area contributed by atoms with Crippen molar-refractivity contribution in [3.05, 3.63) is 58.1 Å². The van der Waals surface area contributed by atoms with Crippen LogP contribution in [0.15, 0.2) is 46.9 Å². The Balaban J connectivity index is 1.93. The lowest BCUT2D eigenvalue weighted by Gasteiger charge is -2.09. The second-order valence-corrected chi connectivity index (χ2v) is 5.60. The van der Waals surface area contributed by atoms with Crippen LogP contribution in [0, 0.1) is 0 Å². The van der Waals surface area contributed by atoms with E-state index >= 15 is 0 Å². The first-order chi connectivity index (χ1) is 10.6. The van der Waals surface area contributed by atoms with Crippen molar-refractivity contribution in [2.45, 2.75) is 13.3 Å². The van der Waals surface area contributed by atoms with Gasteiger partial charge in [-0.15, -0.1) is 0 Å². The van der Waals surface area contributed by atoms with E-state index in [-0.39, 0.29) is 12.5 Å². The van der Waals surface area contributed by atoms with E-state index in [2.05, 4.69) is 28.2 Å². The predicted molar refractivity (Wildman–Crippen MR) is 89.5 cm³/mol. The van der Waals surface area contributed by atoms with Crippen LogP contribution >= 0.6 is 15.9 Å². The molecule has 4 nitrogen and oxygen atoms in total. The molecule has 22 heavy (non-hydrogen) atoms. The van der Waals surface area contributed by atoms with Gasteiger partial charge in [-0.05, 0) is 42.3 Å². The van der Waals surface area contributed by atoms with Crippen LogP contribution in [0.25, 0.3) is 0 Å². The van der Waals surface area contributed by atoms with Gasteiger partial charge in [-0.25, -0.2) is 0 Å². The SMILES string of the molecule is CCc1ccc(NC(=O)COc2ccc(Br)cc2C=O)cc1. The molecule has 0 aromatic heterocycles. The van der Waals surface area contributed by atoms with Crippen molar-refractivity contribution < 1.29 is 14.3 Å². The predicted octanol–water partition coefficient (Wildman–Crippen LogP) is 3.84. The monoisotopic (exact) mass is 361 g/mol. The zero-order valence-corrected chi connectivity index (χ0v) is 13.7. The molecule has 0 saturated heterocycles. The summed E-state index contributed by atoms with van der Waals surface area (Å²) in [5, 5.41) is 2.75. The number of aldehydes is 1. The second-order valence-electron chi connectivity index (χ2n) is 4.69. The molecule has 0 aliphatic rings. The fourth-order valence-electron chi connectivity index (χ4n) is 1.91. The summed E-state index contributed by atoms with van der Waals surface area (Å²) < 4.78 is 6.18. The molecule has 0 heterocycles. The molecule has 0 aliphatic heterocycles. The minimum absolute atomic E-state index is 0.155. The summed E-state index contributed by atoms with van der Waals surface area (Å²) in [5.74, 6) is 0.110. The van der Waals surface area contributed by atoms with Crippen LogP contribution in [0.2, 0.25) is 0 Å². The minimum Gasteiger partial charge on any atom is -0.483 e. The van der Waals surface area contributed by atoms with Crippen LogP contribution in [0.1, 0.15) is 22.8 Å². The first-order valence-electron chi connectivity index (χ1n) is 6.88. The maximum atomic E-state index is 11.9. The highest BCUT2D eigenvalue weighted by Gasteiger charge is 2.07. The number of halogens is 1. The fraction of sp³-hybridized carbons (Fsp3) is 0.176. The van der Waals surface area contributed by atoms with Gasteiger partial charge in [0.1, 0.15) is 5.75 Å². The molecule has 114 valence electrons. The lowest BCUT2D eigenvalue weighted by Crippen LogP contribution is -2.20. The van der Waals surface area contributed by atoms with Crippen molar-refractivity contribution in [3.63, 3.8) is 0 Å². The van der Waals surface area contributed by atoms with Crippen molar-refractivity contribution in [2.75, 3.05) is 11.9 Å². The van der Waals surface area contributed by atoms with E-state index in [1.165, 1.54) is 5.56 Å². The molecule has 0 atom stereocenters. The lowest BCUT2D eigenvalue weighted by atomic mass is 10.1. The van der Waals surface area contributed by atoms with Crippen LogP contribution in [-0.4, -0.2) is 18.8 Å². The molecule has 2 aromatic carbocycles. The molecule has 0 unspecified atom stereocenters. The van der Waals surface area contributed by atoms with Gasteiger partial charge in [-0.1, -0.05) is 35.0 Å². The number of nitrogens with one attached hydrogen (secondary N) is 1. The van der Waals surface area contributed by atoms with Crippen molar-refractivity contribution in [3.8, 4) is 5.75 Å². The van der Waals surface area contributed by atoms with Crippen molar-refractivity contribution in [2.24, 2.45) is 0 Å². The Morgan fingerprint density at radius 1 is 1.23 bits per heavy atom.